The van der Waals surface area contributed by atoms with Gasteiger partial charge in [0.05, 0.1) is 25.0 Å². The van der Waals surface area contributed by atoms with Crippen LogP contribution >= 0.6 is 11.6 Å². The first-order valence-electron chi connectivity index (χ1n) is 7.15. The third-order valence-corrected chi connectivity index (χ3v) is 2.91. The third kappa shape index (κ3) is 5.78. The summed E-state index contributed by atoms with van der Waals surface area (Å²) in [6, 6.07) is 3.29. The highest BCUT2D eigenvalue weighted by Crippen LogP contribution is 2.36. The number of benzene rings is 1. The van der Waals surface area contributed by atoms with Crippen molar-refractivity contribution in [1.82, 2.24) is 10.7 Å². The van der Waals surface area contributed by atoms with Gasteiger partial charge in [-0.25, -0.2) is 5.43 Å². The quantitative estimate of drug-likeness (QED) is 0.449. The number of hydrogen-bond acceptors (Lipinski definition) is 5. The van der Waals surface area contributed by atoms with Gasteiger partial charge in [0.1, 0.15) is 0 Å². The largest absolute Gasteiger partial charge is 0.493 e. The Hall–Kier alpha value is -2.28. The van der Waals surface area contributed by atoms with Crippen LogP contribution in [0, 0.1) is 0 Å². The molecule has 8 heteroatoms. The molecule has 1 rings (SSSR count). The van der Waals surface area contributed by atoms with Crippen molar-refractivity contribution in [1.29, 1.82) is 0 Å². The van der Waals surface area contributed by atoms with E-state index in [0.717, 1.165) is 6.42 Å². The second kappa shape index (κ2) is 9.68. The van der Waals surface area contributed by atoms with Gasteiger partial charge >= 0.3 is 11.8 Å². The molecule has 2 amide bonds. The molecule has 0 fully saturated rings. The molecule has 23 heavy (non-hydrogen) atoms. The van der Waals surface area contributed by atoms with Crippen LogP contribution in [0.25, 0.3) is 0 Å². The molecule has 7 nitrogen and oxygen atoms in total. The summed E-state index contributed by atoms with van der Waals surface area (Å²) in [6.45, 7) is 4.58. The third-order valence-electron chi connectivity index (χ3n) is 2.63. The van der Waals surface area contributed by atoms with Crippen molar-refractivity contribution in [2.75, 3.05) is 20.3 Å². The van der Waals surface area contributed by atoms with Crippen LogP contribution in [0.2, 0.25) is 5.02 Å². The zero-order valence-corrected chi connectivity index (χ0v) is 14.1. The van der Waals surface area contributed by atoms with Crippen LogP contribution in [0.5, 0.6) is 11.5 Å². The van der Waals surface area contributed by atoms with Crippen LogP contribution in [-0.2, 0) is 9.59 Å². The predicted molar refractivity (Wildman–Crippen MR) is 88.2 cm³/mol. The molecule has 0 radical (unpaired) electrons. The van der Waals surface area contributed by atoms with Crippen molar-refractivity contribution in [3.05, 3.63) is 22.7 Å². The number of carbonyl (C=O) groups is 2. The number of hydrazone groups is 1. The summed E-state index contributed by atoms with van der Waals surface area (Å²) in [6.07, 6.45) is 2.20. The highest BCUT2D eigenvalue weighted by Gasteiger charge is 2.12. The number of nitrogens with zero attached hydrogens (tertiary/aromatic N) is 1. The molecule has 0 bridgehead atoms. The van der Waals surface area contributed by atoms with E-state index in [9.17, 15) is 9.59 Å². The lowest BCUT2D eigenvalue weighted by Gasteiger charge is -2.12. The number of halogens is 1. The molecule has 0 aromatic heterocycles. The Labute approximate surface area is 140 Å². The van der Waals surface area contributed by atoms with Crippen molar-refractivity contribution in [3.63, 3.8) is 0 Å². The summed E-state index contributed by atoms with van der Waals surface area (Å²) < 4.78 is 10.8. The van der Waals surface area contributed by atoms with Gasteiger partial charge < -0.3 is 14.8 Å². The average molecular weight is 342 g/mol. The van der Waals surface area contributed by atoms with Gasteiger partial charge in [0.25, 0.3) is 0 Å². The van der Waals surface area contributed by atoms with Crippen LogP contribution in [-0.4, -0.2) is 38.3 Å². The maximum absolute atomic E-state index is 11.4. The first-order chi connectivity index (χ1) is 11.0. The number of nitrogens with one attached hydrogen (secondary N) is 2. The fourth-order valence-electron chi connectivity index (χ4n) is 1.62. The molecule has 0 aliphatic carbocycles. The van der Waals surface area contributed by atoms with Gasteiger partial charge in [-0.3, -0.25) is 9.59 Å². The van der Waals surface area contributed by atoms with Crippen molar-refractivity contribution < 1.29 is 19.1 Å². The molecule has 0 saturated heterocycles. The maximum atomic E-state index is 11.4. The Balaban J connectivity index is 2.81. The number of ether oxygens (including phenoxy) is 2. The number of methoxy groups -OCH3 is 1. The summed E-state index contributed by atoms with van der Waals surface area (Å²) in [5.41, 5.74) is 2.71. The lowest BCUT2D eigenvalue weighted by Crippen LogP contribution is -2.37. The minimum atomic E-state index is -0.843. The van der Waals surface area contributed by atoms with E-state index in [0.29, 0.717) is 35.2 Å². The molecule has 0 atom stereocenters. The first-order valence-corrected chi connectivity index (χ1v) is 7.52. The lowest BCUT2D eigenvalue weighted by atomic mass is 10.2. The molecule has 0 aliphatic heterocycles. The zero-order valence-electron chi connectivity index (χ0n) is 13.3. The Bertz CT molecular complexity index is 590. The molecule has 0 heterocycles. The van der Waals surface area contributed by atoms with E-state index >= 15 is 0 Å². The number of hydrogen-bond donors (Lipinski definition) is 2. The van der Waals surface area contributed by atoms with Crippen molar-refractivity contribution >= 4 is 29.6 Å². The molecule has 0 spiro atoms. The molecule has 0 unspecified atom stereocenters. The van der Waals surface area contributed by atoms with Gasteiger partial charge in [-0.15, -0.1) is 0 Å². The van der Waals surface area contributed by atoms with Gasteiger partial charge in [0, 0.05) is 6.54 Å². The Kier molecular flexibility index (Phi) is 7.90. The van der Waals surface area contributed by atoms with Gasteiger partial charge in [-0.2, -0.15) is 5.10 Å². The van der Waals surface area contributed by atoms with E-state index in [-0.39, 0.29) is 0 Å². The average Bonchev–Trinajstić information content (AvgIpc) is 2.53. The molecule has 0 saturated carbocycles. The molecular weight excluding hydrogens is 322 g/mol. The lowest BCUT2D eigenvalue weighted by molar-refractivity contribution is -0.139. The van der Waals surface area contributed by atoms with E-state index in [1.165, 1.54) is 13.3 Å². The molecule has 2 N–H and O–H groups in total. The molecule has 0 aliphatic rings. The van der Waals surface area contributed by atoms with Crippen LogP contribution in [0.4, 0.5) is 0 Å². The van der Waals surface area contributed by atoms with E-state index in [4.69, 9.17) is 21.1 Å². The van der Waals surface area contributed by atoms with E-state index < -0.39 is 11.8 Å². The SMILES string of the molecule is CCCOc1c(Cl)cc(/C=N\NC(=O)C(=O)NCC)cc1OC. The second-order valence-electron chi connectivity index (χ2n) is 4.44. The normalized spacial score (nSPS) is 10.4. The Morgan fingerprint density at radius 2 is 2.04 bits per heavy atom. The topological polar surface area (TPSA) is 89.0 Å². The van der Waals surface area contributed by atoms with Crippen molar-refractivity contribution in [2.45, 2.75) is 20.3 Å². The highest BCUT2D eigenvalue weighted by molar-refractivity contribution is 6.35. The standard InChI is InChI=1S/C15H20ClN3O4/c1-4-6-23-13-11(16)7-10(8-12(13)22-3)9-18-19-15(21)14(20)17-5-2/h7-9H,4-6H2,1-3H3,(H,17,20)(H,19,21)/b18-9-. The van der Waals surface area contributed by atoms with E-state index in [2.05, 4.69) is 15.8 Å². The minimum absolute atomic E-state index is 0.363. The van der Waals surface area contributed by atoms with Gasteiger partial charge in [-0.1, -0.05) is 18.5 Å². The summed E-state index contributed by atoms with van der Waals surface area (Å²) in [5.74, 6) is -0.672. The van der Waals surface area contributed by atoms with Crippen molar-refractivity contribution in [2.24, 2.45) is 5.10 Å². The first kappa shape index (κ1) is 18.8. The number of amides is 2. The molecule has 1 aromatic rings. The zero-order chi connectivity index (χ0) is 17.2. The number of carbonyl (C=O) groups excluding carboxylic acids is 2. The van der Waals surface area contributed by atoms with Crippen LogP contribution in [0.1, 0.15) is 25.8 Å². The number of rotatable bonds is 7. The second-order valence-corrected chi connectivity index (χ2v) is 4.85. The Morgan fingerprint density at radius 3 is 2.65 bits per heavy atom. The Morgan fingerprint density at radius 1 is 1.30 bits per heavy atom. The molecule has 1 aromatic carbocycles. The van der Waals surface area contributed by atoms with E-state index in [1.54, 1.807) is 19.1 Å². The van der Waals surface area contributed by atoms with Crippen LogP contribution in [0.3, 0.4) is 0 Å². The maximum Gasteiger partial charge on any atom is 0.329 e. The minimum Gasteiger partial charge on any atom is -0.493 e. The number of likely N-dealkylation sites (N-methyl/N-ethyl adjacent to an activating group) is 1. The monoisotopic (exact) mass is 341 g/mol. The van der Waals surface area contributed by atoms with Gasteiger partial charge in [-0.05, 0) is 31.0 Å². The molecular formula is C15H20ClN3O4. The fourth-order valence-corrected chi connectivity index (χ4v) is 1.89. The summed E-state index contributed by atoms with van der Waals surface area (Å²) >= 11 is 6.16. The summed E-state index contributed by atoms with van der Waals surface area (Å²) in [5, 5.41) is 6.45. The van der Waals surface area contributed by atoms with Crippen LogP contribution < -0.4 is 20.2 Å². The fraction of sp³-hybridized carbons (Fsp3) is 0.400. The summed E-state index contributed by atoms with van der Waals surface area (Å²) in [4.78, 5) is 22.6. The van der Waals surface area contributed by atoms with Gasteiger partial charge in [0.2, 0.25) is 0 Å². The van der Waals surface area contributed by atoms with E-state index in [1.807, 2.05) is 6.92 Å². The smallest absolute Gasteiger partial charge is 0.329 e. The molecule has 126 valence electrons. The van der Waals surface area contributed by atoms with Gasteiger partial charge in [0.15, 0.2) is 11.5 Å². The highest BCUT2D eigenvalue weighted by atomic mass is 35.5. The van der Waals surface area contributed by atoms with Crippen molar-refractivity contribution in [3.8, 4) is 11.5 Å². The predicted octanol–water partition coefficient (Wildman–Crippen LogP) is 1.72. The van der Waals surface area contributed by atoms with Crippen LogP contribution in [0.15, 0.2) is 17.2 Å². The summed E-state index contributed by atoms with van der Waals surface area (Å²) in [7, 11) is 1.50.